The quantitative estimate of drug-likeness (QED) is 0.499. The lowest BCUT2D eigenvalue weighted by atomic mass is 10.1. The molecule has 1 amide bonds. The monoisotopic (exact) mass is 384 g/mol. The van der Waals surface area contributed by atoms with Crippen LogP contribution in [0.15, 0.2) is 36.4 Å². The molecule has 138 valence electrons. The second kappa shape index (κ2) is 7.28. The van der Waals surface area contributed by atoms with Gasteiger partial charge in [0.05, 0.1) is 27.3 Å². The van der Waals surface area contributed by atoms with Crippen LogP contribution in [0.5, 0.6) is 0 Å². The summed E-state index contributed by atoms with van der Waals surface area (Å²) < 4.78 is 0. The van der Waals surface area contributed by atoms with Gasteiger partial charge >= 0.3 is 0 Å². The molecule has 7 nitrogen and oxygen atoms in total. The number of non-ortho nitro benzene ring substituents is 1. The van der Waals surface area contributed by atoms with Gasteiger partial charge in [0.15, 0.2) is 0 Å². The van der Waals surface area contributed by atoms with E-state index in [0.717, 1.165) is 16.9 Å². The first-order valence-electron chi connectivity index (χ1n) is 8.19. The number of nitrogens with zero attached hydrogens (tertiary/aromatic N) is 4. The van der Waals surface area contributed by atoms with E-state index in [0.29, 0.717) is 21.7 Å². The Bertz CT molecular complexity index is 1070. The van der Waals surface area contributed by atoms with Crippen LogP contribution in [-0.2, 0) is 6.54 Å². The number of hydrogen-bond acceptors (Lipinski definition) is 5. The summed E-state index contributed by atoms with van der Waals surface area (Å²) in [7, 11) is 1.62. The summed E-state index contributed by atoms with van der Waals surface area (Å²) in [6.07, 6.45) is 0. The highest BCUT2D eigenvalue weighted by molar-refractivity contribution is 6.31. The number of aryl methyl sites for hydroxylation is 2. The van der Waals surface area contributed by atoms with Crippen LogP contribution in [0.1, 0.15) is 27.3 Å². The molecule has 2 aromatic carbocycles. The van der Waals surface area contributed by atoms with E-state index in [1.807, 2.05) is 13.8 Å². The molecule has 0 atom stereocenters. The Kier molecular flexibility index (Phi) is 5.05. The average Bonchev–Trinajstić information content (AvgIpc) is 2.63. The molecule has 1 aromatic heterocycles. The molecule has 0 fully saturated rings. The molecule has 0 aliphatic rings. The number of carbonyl (C=O) groups is 1. The molecule has 0 spiro atoms. The summed E-state index contributed by atoms with van der Waals surface area (Å²) in [5.74, 6) is -0.237. The van der Waals surface area contributed by atoms with Crippen molar-refractivity contribution in [2.75, 3.05) is 7.05 Å². The number of nitro groups is 1. The zero-order valence-corrected chi connectivity index (χ0v) is 15.8. The van der Waals surface area contributed by atoms with E-state index < -0.39 is 4.92 Å². The lowest BCUT2D eigenvalue weighted by molar-refractivity contribution is -0.384. The first-order chi connectivity index (χ1) is 12.8. The SMILES string of the molecule is Cc1nc2ccc(C(=O)N(C)Cc3cc([N+](=O)[O-])ccc3Cl)cc2nc1C. The molecule has 0 unspecified atom stereocenters. The van der Waals surface area contributed by atoms with Crippen LogP contribution in [0.3, 0.4) is 0 Å². The summed E-state index contributed by atoms with van der Waals surface area (Å²) in [5, 5.41) is 11.3. The van der Waals surface area contributed by atoms with E-state index in [2.05, 4.69) is 9.97 Å². The molecule has 0 saturated heterocycles. The maximum Gasteiger partial charge on any atom is 0.269 e. The zero-order valence-electron chi connectivity index (χ0n) is 15.1. The fraction of sp³-hybridized carbons (Fsp3) is 0.211. The number of hydrogen-bond donors (Lipinski definition) is 0. The molecule has 0 bridgehead atoms. The highest BCUT2D eigenvalue weighted by atomic mass is 35.5. The summed E-state index contributed by atoms with van der Waals surface area (Å²) in [5.41, 5.74) is 3.92. The van der Waals surface area contributed by atoms with E-state index >= 15 is 0 Å². The molecule has 0 saturated carbocycles. The van der Waals surface area contributed by atoms with Gasteiger partial charge < -0.3 is 4.90 Å². The standard InChI is InChI=1S/C19H17ClN4O3/c1-11-12(2)22-18-9-13(4-7-17(18)21-11)19(25)23(3)10-14-8-15(24(26)27)5-6-16(14)20/h4-9H,10H2,1-3H3. The Morgan fingerprint density at radius 2 is 1.78 bits per heavy atom. The number of benzene rings is 2. The molecule has 3 rings (SSSR count). The van der Waals surface area contributed by atoms with Gasteiger partial charge in [-0.3, -0.25) is 14.9 Å². The van der Waals surface area contributed by atoms with Crippen molar-refractivity contribution in [2.45, 2.75) is 20.4 Å². The average molecular weight is 385 g/mol. The Balaban J connectivity index is 1.87. The first-order valence-corrected chi connectivity index (χ1v) is 8.57. The number of rotatable bonds is 4. The van der Waals surface area contributed by atoms with Gasteiger partial charge in [-0.2, -0.15) is 0 Å². The van der Waals surface area contributed by atoms with E-state index in [9.17, 15) is 14.9 Å². The van der Waals surface area contributed by atoms with Crippen molar-refractivity contribution in [1.82, 2.24) is 14.9 Å². The van der Waals surface area contributed by atoms with Crippen LogP contribution >= 0.6 is 11.6 Å². The van der Waals surface area contributed by atoms with E-state index in [1.54, 1.807) is 25.2 Å². The number of aromatic nitrogens is 2. The summed E-state index contributed by atoms with van der Waals surface area (Å²) >= 11 is 6.13. The third-order valence-corrected chi connectivity index (χ3v) is 4.69. The Hall–Kier alpha value is -3.06. The minimum Gasteiger partial charge on any atom is -0.337 e. The van der Waals surface area contributed by atoms with Crippen LogP contribution in [-0.4, -0.2) is 32.7 Å². The van der Waals surface area contributed by atoms with Gasteiger partial charge in [0, 0.05) is 36.3 Å². The predicted octanol–water partition coefficient (Wildman–Crippen LogP) is 4.08. The normalized spacial score (nSPS) is 10.8. The molecule has 3 aromatic rings. The lowest BCUT2D eigenvalue weighted by Crippen LogP contribution is -2.26. The van der Waals surface area contributed by atoms with E-state index in [4.69, 9.17) is 11.6 Å². The molecule has 0 N–H and O–H groups in total. The fourth-order valence-corrected chi connectivity index (χ4v) is 2.88. The topological polar surface area (TPSA) is 89.2 Å². The van der Waals surface area contributed by atoms with Gasteiger partial charge in [0.2, 0.25) is 0 Å². The number of fused-ring (bicyclic) bond motifs is 1. The summed E-state index contributed by atoms with van der Waals surface area (Å²) in [6.45, 7) is 3.90. The molecule has 8 heteroatoms. The largest absolute Gasteiger partial charge is 0.337 e. The number of halogens is 1. The van der Waals surface area contributed by atoms with Crippen molar-refractivity contribution in [1.29, 1.82) is 0 Å². The lowest BCUT2D eigenvalue weighted by Gasteiger charge is -2.18. The second-order valence-electron chi connectivity index (χ2n) is 6.29. The molecule has 0 radical (unpaired) electrons. The van der Waals surface area contributed by atoms with Crippen molar-refractivity contribution in [2.24, 2.45) is 0 Å². The van der Waals surface area contributed by atoms with Gasteiger partial charge in [0.25, 0.3) is 11.6 Å². The van der Waals surface area contributed by atoms with Crippen LogP contribution in [0, 0.1) is 24.0 Å². The van der Waals surface area contributed by atoms with Crippen molar-refractivity contribution in [3.63, 3.8) is 0 Å². The number of carbonyl (C=O) groups excluding carboxylic acids is 1. The fourth-order valence-electron chi connectivity index (χ4n) is 2.71. The van der Waals surface area contributed by atoms with Crippen LogP contribution in [0.2, 0.25) is 5.02 Å². The minimum absolute atomic E-state index is 0.0675. The smallest absolute Gasteiger partial charge is 0.269 e. The molecule has 0 aliphatic heterocycles. The van der Waals surface area contributed by atoms with Crippen molar-refractivity contribution in [3.8, 4) is 0 Å². The highest BCUT2D eigenvalue weighted by Gasteiger charge is 2.17. The van der Waals surface area contributed by atoms with Gasteiger partial charge in [-0.15, -0.1) is 0 Å². The second-order valence-corrected chi connectivity index (χ2v) is 6.70. The van der Waals surface area contributed by atoms with Crippen molar-refractivity contribution >= 4 is 34.2 Å². The minimum atomic E-state index is -0.492. The Morgan fingerprint density at radius 1 is 1.11 bits per heavy atom. The van der Waals surface area contributed by atoms with Crippen LogP contribution in [0.4, 0.5) is 5.69 Å². The third kappa shape index (κ3) is 3.88. The van der Waals surface area contributed by atoms with Gasteiger partial charge in [-0.1, -0.05) is 11.6 Å². The number of nitro benzene ring substituents is 1. The van der Waals surface area contributed by atoms with E-state index in [-0.39, 0.29) is 18.1 Å². The van der Waals surface area contributed by atoms with Gasteiger partial charge in [0.1, 0.15) is 0 Å². The molecular weight excluding hydrogens is 368 g/mol. The third-order valence-electron chi connectivity index (χ3n) is 4.32. The maximum atomic E-state index is 12.8. The molecule has 1 heterocycles. The molecule has 27 heavy (non-hydrogen) atoms. The van der Waals surface area contributed by atoms with Crippen LogP contribution < -0.4 is 0 Å². The van der Waals surface area contributed by atoms with Crippen molar-refractivity contribution < 1.29 is 9.72 Å². The van der Waals surface area contributed by atoms with Gasteiger partial charge in [-0.05, 0) is 43.7 Å². The zero-order chi connectivity index (χ0) is 19.7. The summed E-state index contributed by atoms with van der Waals surface area (Å²) in [6, 6.07) is 9.33. The maximum absolute atomic E-state index is 12.8. The Labute approximate surface area is 160 Å². The molecule has 0 aliphatic carbocycles. The predicted molar refractivity (Wildman–Crippen MR) is 103 cm³/mol. The Morgan fingerprint density at radius 3 is 2.44 bits per heavy atom. The van der Waals surface area contributed by atoms with Gasteiger partial charge in [-0.25, -0.2) is 9.97 Å². The van der Waals surface area contributed by atoms with Crippen molar-refractivity contribution in [3.05, 3.63) is 74.0 Å². The highest BCUT2D eigenvalue weighted by Crippen LogP contribution is 2.24. The summed E-state index contributed by atoms with van der Waals surface area (Å²) in [4.78, 5) is 33.6. The van der Waals surface area contributed by atoms with E-state index in [1.165, 1.54) is 23.1 Å². The molecular formula is C19H17ClN4O3. The van der Waals surface area contributed by atoms with Crippen LogP contribution in [0.25, 0.3) is 11.0 Å². The number of amides is 1. The first kappa shape index (κ1) is 18.7.